The van der Waals surface area contributed by atoms with Gasteiger partial charge in [0.1, 0.15) is 35.6 Å². The number of aromatic nitrogens is 1. The van der Waals surface area contributed by atoms with Crippen molar-refractivity contribution in [2.45, 2.75) is 146 Å². The number of piperidine rings is 1. The van der Waals surface area contributed by atoms with E-state index in [9.17, 15) is 27.6 Å². The summed E-state index contributed by atoms with van der Waals surface area (Å²) in [7, 11) is -4.01. The van der Waals surface area contributed by atoms with E-state index >= 15 is 0 Å². The minimum absolute atomic E-state index is 0.0270. The van der Waals surface area contributed by atoms with Crippen molar-refractivity contribution < 1.29 is 41.8 Å². The lowest BCUT2D eigenvalue weighted by atomic mass is 9.85. The van der Waals surface area contributed by atoms with Crippen LogP contribution >= 0.6 is 0 Å². The molecule has 3 aliphatic carbocycles. The lowest BCUT2D eigenvalue weighted by Crippen LogP contribution is -2.60. The number of amides is 4. The molecular weight excluding hydrogens is 825 g/mol. The molecule has 3 N–H and O–H groups in total. The molecule has 8 atom stereocenters. The molecule has 1 unspecified atom stereocenters. The van der Waals surface area contributed by atoms with Gasteiger partial charge in [0.15, 0.2) is 0 Å². The van der Waals surface area contributed by atoms with E-state index in [4.69, 9.17) is 19.2 Å². The van der Waals surface area contributed by atoms with Crippen LogP contribution in [0.1, 0.15) is 111 Å². The van der Waals surface area contributed by atoms with E-state index in [2.05, 4.69) is 33.8 Å². The van der Waals surface area contributed by atoms with Crippen LogP contribution in [0.25, 0.3) is 10.9 Å². The fraction of sp³-hybridized carbons (Fsp3) is 0.681. The van der Waals surface area contributed by atoms with E-state index in [1.165, 1.54) is 11.0 Å². The number of benzene rings is 1. The largest absolute Gasteiger partial charge is 0.492 e. The zero-order valence-corrected chi connectivity index (χ0v) is 38.4. The molecule has 4 amide bonds. The zero-order chi connectivity index (χ0) is 44.9. The average molecular weight is 891 g/mol. The molecule has 0 radical (unpaired) electrons. The quantitative estimate of drug-likeness (QED) is 0.260. The molecule has 2 bridgehead atoms. The lowest BCUT2D eigenvalue weighted by molar-refractivity contribution is -0.142. The van der Waals surface area contributed by atoms with Crippen LogP contribution in [-0.2, 0) is 35.6 Å². The van der Waals surface area contributed by atoms with Crippen LogP contribution < -0.4 is 24.8 Å². The Balaban J connectivity index is 1.13. The summed E-state index contributed by atoms with van der Waals surface area (Å²) in [5, 5.41) is 6.62. The van der Waals surface area contributed by atoms with Crippen molar-refractivity contribution >= 4 is 44.7 Å². The van der Waals surface area contributed by atoms with Crippen molar-refractivity contribution in [3.63, 3.8) is 0 Å². The number of nitrogens with one attached hydrogen (secondary N) is 3. The van der Waals surface area contributed by atoms with Crippen LogP contribution in [-0.4, -0.2) is 114 Å². The maximum atomic E-state index is 14.9. The third kappa shape index (κ3) is 9.53. The summed E-state index contributed by atoms with van der Waals surface area (Å²) in [6, 6.07) is 5.64. The van der Waals surface area contributed by atoms with Crippen molar-refractivity contribution in [1.82, 2.24) is 30.1 Å². The Labute approximate surface area is 371 Å². The number of fused-ring (bicyclic) bond motifs is 5. The highest BCUT2D eigenvalue weighted by Gasteiger charge is 2.63. The summed E-state index contributed by atoms with van der Waals surface area (Å²) in [5.41, 5.74) is -0.821. The van der Waals surface area contributed by atoms with Gasteiger partial charge in [-0.1, -0.05) is 58.7 Å². The van der Waals surface area contributed by atoms with E-state index in [0.717, 1.165) is 81.3 Å². The second kappa shape index (κ2) is 17.5. The van der Waals surface area contributed by atoms with Gasteiger partial charge < -0.3 is 34.6 Å². The van der Waals surface area contributed by atoms with Gasteiger partial charge in [-0.25, -0.2) is 18.2 Å². The van der Waals surface area contributed by atoms with Crippen molar-refractivity contribution in [2.75, 3.05) is 32.8 Å². The van der Waals surface area contributed by atoms with Crippen LogP contribution in [0, 0.1) is 23.2 Å². The molecule has 4 heterocycles. The molecule has 3 aliphatic heterocycles. The first-order valence-corrected chi connectivity index (χ1v) is 24.7. The van der Waals surface area contributed by atoms with Gasteiger partial charge in [0.05, 0.1) is 29.0 Å². The molecule has 2 saturated heterocycles. The second-order valence-electron chi connectivity index (χ2n) is 20.3. The van der Waals surface area contributed by atoms with E-state index in [1.54, 1.807) is 6.92 Å². The summed E-state index contributed by atoms with van der Waals surface area (Å²) in [6.07, 6.45) is 8.19. The van der Waals surface area contributed by atoms with Crippen LogP contribution in [0.2, 0.25) is 0 Å². The molecule has 63 heavy (non-hydrogen) atoms. The molecule has 15 nitrogen and oxygen atoms in total. The minimum Gasteiger partial charge on any atom is -0.492 e. The highest BCUT2D eigenvalue weighted by Crippen LogP contribution is 2.47. The average Bonchev–Trinajstić information content (AvgIpc) is 4.21. The topological polar surface area (TPSA) is 186 Å². The normalized spacial score (nSPS) is 31.1. The van der Waals surface area contributed by atoms with Crippen LogP contribution in [0.4, 0.5) is 4.79 Å². The first-order valence-electron chi connectivity index (χ1n) is 23.2. The van der Waals surface area contributed by atoms with Gasteiger partial charge in [-0.3, -0.25) is 19.1 Å². The number of nitrogens with zero attached hydrogens (tertiary/aromatic N) is 3. The second-order valence-corrected chi connectivity index (χ2v) is 22.5. The Morgan fingerprint density at radius 1 is 1.06 bits per heavy atom. The maximum absolute atomic E-state index is 14.9. The number of pyridine rings is 1. The molecule has 5 fully saturated rings. The molecular formula is C47H66N6O9S. The SMILES string of the molecule is C=C[C@@H]1C[C@]1(NC(=O)[C@@H]1C[C@@H]2CN1C(=O)[C@H](C(C)(C)C)NC(=O)O[C@@H]1C[C@H]1CCCCCc1c(nc3ccccc3c1OCC1CCCN(CC)C1)O2)C(=O)NS(=O)(=O)C1(C)CC1. The first-order chi connectivity index (χ1) is 29.9. The molecule has 6 aliphatic rings. The van der Waals surface area contributed by atoms with Gasteiger partial charge in [0, 0.05) is 30.2 Å². The maximum Gasteiger partial charge on any atom is 0.408 e. The highest BCUT2D eigenvalue weighted by molar-refractivity contribution is 7.91. The van der Waals surface area contributed by atoms with Crippen molar-refractivity contribution in [2.24, 2.45) is 23.2 Å². The van der Waals surface area contributed by atoms with E-state index < -0.39 is 73.6 Å². The van der Waals surface area contributed by atoms with Gasteiger partial charge in [-0.2, -0.15) is 0 Å². The number of para-hydroxylation sites is 1. The molecule has 1 aromatic heterocycles. The molecule has 3 saturated carbocycles. The van der Waals surface area contributed by atoms with Gasteiger partial charge >= 0.3 is 6.09 Å². The van der Waals surface area contributed by atoms with Crippen molar-refractivity contribution in [3.8, 4) is 11.6 Å². The Morgan fingerprint density at radius 2 is 1.84 bits per heavy atom. The van der Waals surface area contributed by atoms with Crippen LogP contribution in [0.15, 0.2) is 36.9 Å². The van der Waals surface area contributed by atoms with E-state index in [-0.39, 0.29) is 31.4 Å². The summed E-state index contributed by atoms with van der Waals surface area (Å²) in [5.74, 6) is -0.766. The van der Waals surface area contributed by atoms with E-state index in [0.29, 0.717) is 43.2 Å². The number of likely N-dealkylation sites (tertiary alicyclic amines) is 1. The zero-order valence-electron chi connectivity index (χ0n) is 37.6. The third-order valence-electron chi connectivity index (χ3n) is 14.4. The summed E-state index contributed by atoms with van der Waals surface area (Å²) < 4.78 is 47.2. The number of sulfonamides is 1. The number of carbonyl (C=O) groups excluding carboxylic acids is 4. The van der Waals surface area contributed by atoms with Gasteiger partial charge in [-0.05, 0) is 101 Å². The Kier molecular flexibility index (Phi) is 12.5. The number of ether oxygens (including phenoxy) is 3. The standard InChI is InChI=1S/C47H66N6O9S/c1-7-31-25-47(31,43(56)51-63(58,59)46(6)20-21-46)50-40(54)36-24-32-27-53(36)42(55)39(45(3,4)5)49-44(57)62-37-23-30(37)16-10-9-11-18-34-38(60-28-29-15-14-22-52(8-2)26-29)33-17-12-13-19-35(33)48-41(34)61-32/h7,12-13,17,19,29-32,36-37,39H,1,8-11,14-16,18,20-28H2,2-6H3,(H,49,57)(H,50,54)(H,51,56)/t29?,30-,31-,32-,36+,37-,39-,47-/m1/s1. The van der Waals surface area contributed by atoms with Gasteiger partial charge in [-0.15, -0.1) is 6.58 Å². The predicted molar refractivity (Wildman–Crippen MR) is 237 cm³/mol. The number of rotatable bonds is 10. The fourth-order valence-corrected chi connectivity index (χ4v) is 11.1. The summed E-state index contributed by atoms with van der Waals surface area (Å²) in [6.45, 7) is 16.7. The Hall–Kier alpha value is -4.44. The summed E-state index contributed by atoms with van der Waals surface area (Å²) >= 11 is 0. The van der Waals surface area contributed by atoms with Crippen LogP contribution in [0.5, 0.6) is 11.6 Å². The van der Waals surface area contributed by atoms with Crippen LogP contribution in [0.3, 0.4) is 0 Å². The Morgan fingerprint density at radius 3 is 2.56 bits per heavy atom. The smallest absolute Gasteiger partial charge is 0.408 e. The van der Waals surface area contributed by atoms with Gasteiger partial charge in [0.25, 0.3) is 5.91 Å². The highest BCUT2D eigenvalue weighted by atomic mass is 32.2. The molecule has 0 spiro atoms. The molecule has 2 aromatic rings. The summed E-state index contributed by atoms with van der Waals surface area (Å²) in [4.78, 5) is 65.8. The van der Waals surface area contributed by atoms with Gasteiger partial charge in [0.2, 0.25) is 27.7 Å². The Bertz CT molecular complexity index is 2220. The predicted octanol–water partition coefficient (Wildman–Crippen LogP) is 5.40. The first kappa shape index (κ1) is 45.1. The van der Waals surface area contributed by atoms with Crippen molar-refractivity contribution in [1.29, 1.82) is 0 Å². The number of hydrogen-bond donors (Lipinski definition) is 3. The van der Waals surface area contributed by atoms with Crippen molar-refractivity contribution in [3.05, 3.63) is 42.5 Å². The molecule has 8 rings (SSSR count). The number of carbonyl (C=O) groups is 4. The fourth-order valence-electron chi connectivity index (χ4n) is 9.77. The lowest BCUT2D eigenvalue weighted by Gasteiger charge is -2.35. The minimum atomic E-state index is -4.01. The number of hydrogen-bond acceptors (Lipinski definition) is 11. The monoisotopic (exact) mass is 890 g/mol. The number of alkyl carbamates (subject to hydrolysis) is 1. The third-order valence-corrected chi connectivity index (χ3v) is 16.6. The molecule has 344 valence electrons. The van der Waals surface area contributed by atoms with E-state index in [1.807, 2.05) is 45.0 Å². The molecule has 1 aromatic carbocycles. The molecule has 16 heteroatoms.